The van der Waals surface area contributed by atoms with Crippen LogP contribution in [-0.2, 0) is 23.8 Å². The van der Waals surface area contributed by atoms with Gasteiger partial charge in [-0.3, -0.25) is 4.79 Å². The molecule has 0 spiro atoms. The number of fused-ring (bicyclic) bond motifs is 2. The summed E-state index contributed by atoms with van der Waals surface area (Å²) in [6.07, 6.45) is 0.727. The molecule has 0 radical (unpaired) electrons. The molecule has 6 unspecified atom stereocenters. The highest BCUT2D eigenvalue weighted by molar-refractivity contribution is 5.91. The molecule has 0 amide bonds. The Labute approximate surface area is 147 Å². The van der Waals surface area contributed by atoms with Gasteiger partial charge in [0.25, 0.3) is 0 Å². The van der Waals surface area contributed by atoms with E-state index < -0.39 is 35.8 Å². The Kier molecular flexibility index (Phi) is 4.54. The molecule has 6 nitrogen and oxygen atoms in total. The predicted molar refractivity (Wildman–Crippen MR) is 89.5 cm³/mol. The van der Waals surface area contributed by atoms with Gasteiger partial charge in [0.05, 0.1) is 29.6 Å². The fraction of sp³-hybridized carbons (Fsp3) is 0.684. The number of ether oxygens (including phenoxy) is 3. The first kappa shape index (κ1) is 18.1. The van der Waals surface area contributed by atoms with Crippen molar-refractivity contribution in [2.75, 3.05) is 0 Å². The van der Waals surface area contributed by atoms with Crippen molar-refractivity contribution in [2.45, 2.75) is 70.6 Å². The average Bonchev–Trinajstić information content (AvgIpc) is 3.04. The number of aliphatic hydroxyl groups excluding tert-OH is 1. The molecule has 0 aromatic rings. The molecule has 6 heteroatoms. The van der Waals surface area contributed by atoms with Gasteiger partial charge in [0.15, 0.2) is 0 Å². The standard InChI is InChI=1S/C19H26O6/c1-9(2)17(21)24-14-8-19(5)15(25-19)7-12(20)10(3)6-13-16(14)11(4)18(22)23-13/h6,9,12-16,20H,4,7-8H2,1-3,5H3/b10-6+. The van der Waals surface area contributed by atoms with Crippen LogP contribution < -0.4 is 0 Å². The first-order chi connectivity index (χ1) is 11.6. The van der Waals surface area contributed by atoms with E-state index in [1.807, 2.05) is 6.92 Å². The normalized spacial score (nSPS) is 42.8. The Morgan fingerprint density at radius 3 is 2.80 bits per heavy atom. The maximum atomic E-state index is 12.2. The third-order valence-electron chi connectivity index (χ3n) is 5.43. The topological polar surface area (TPSA) is 85.4 Å². The summed E-state index contributed by atoms with van der Waals surface area (Å²) in [5.74, 6) is -1.56. The van der Waals surface area contributed by atoms with Crippen LogP contribution in [0.3, 0.4) is 0 Å². The Morgan fingerprint density at radius 1 is 1.48 bits per heavy atom. The van der Waals surface area contributed by atoms with Gasteiger partial charge in [-0.2, -0.15) is 0 Å². The quantitative estimate of drug-likeness (QED) is 0.354. The lowest BCUT2D eigenvalue weighted by Gasteiger charge is -2.29. The first-order valence-electron chi connectivity index (χ1n) is 8.77. The zero-order valence-electron chi connectivity index (χ0n) is 15.2. The van der Waals surface area contributed by atoms with Crippen molar-refractivity contribution in [1.82, 2.24) is 0 Å². The highest BCUT2D eigenvalue weighted by Crippen LogP contribution is 2.47. The van der Waals surface area contributed by atoms with E-state index in [2.05, 4.69) is 6.58 Å². The molecule has 3 rings (SSSR count). The van der Waals surface area contributed by atoms with Gasteiger partial charge in [-0.1, -0.05) is 20.4 Å². The summed E-state index contributed by atoms with van der Waals surface area (Å²) < 4.78 is 17.0. The zero-order valence-corrected chi connectivity index (χ0v) is 15.2. The fourth-order valence-corrected chi connectivity index (χ4v) is 3.63. The van der Waals surface area contributed by atoms with Crippen LogP contribution in [0, 0.1) is 11.8 Å². The van der Waals surface area contributed by atoms with Crippen molar-refractivity contribution >= 4 is 11.9 Å². The summed E-state index contributed by atoms with van der Waals surface area (Å²) in [7, 11) is 0. The van der Waals surface area contributed by atoms with Gasteiger partial charge in [-0.15, -0.1) is 0 Å². The van der Waals surface area contributed by atoms with Crippen LogP contribution in [0.4, 0.5) is 0 Å². The Morgan fingerprint density at radius 2 is 2.16 bits per heavy atom. The van der Waals surface area contributed by atoms with Gasteiger partial charge >= 0.3 is 11.9 Å². The summed E-state index contributed by atoms with van der Waals surface area (Å²) in [6, 6.07) is 0. The molecule has 25 heavy (non-hydrogen) atoms. The van der Waals surface area contributed by atoms with Gasteiger partial charge in [0, 0.05) is 18.4 Å². The minimum atomic E-state index is -0.658. The van der Waals surface area contributed by atoms with Crippen molar-refractivity contribution in [3.8, 4) is 0 Å². The number of hydrogen-bond donors (Lipinski definition) is 1. The van der Waals surface area contributed by atoms with Gasteiger partial charge in [-0.05, 0) is 25.5 Å². The van der Waals surface area contributed by atoms with E-state index in [-0.39, 0.29) is 18.0 Å². The zero-order chi connectivity index (χ0) is 18.5. The summed E-state index contributed by atoms with van der Waals surface area (Å²) in [6.45, 7) is 11.1. The van der Waals surface area contributed by atoms with E-state index in [0.717, 1.165) is 0 Å². The SMILES string of the molecule is C=C1C(=O)OC2/C=C(\C)C(O)CC3OC3(C)CC(OC(=O)C(C)C)C12. The van der Waals surface area contributed by atoms with Crippen LogP contribution in [0.2, 0.25) is 0 Å². The molecular weight excluding hydrogens is 324 g/mol. The molecule has 138 valence electrons. The number of hydrogen-bond acceptors (Lipinski definition) is 6. The van der Waals surface area contributed by atoms with Crippen molar-refractivity contribution in [3.63, 3.8) is 0 Å². The van der Waals surface area contributed by atoms with Crippen LogP contribution in [0.15, 0.2) is 23.8 Å². The summed E-state index contributed by atoms with van der Waals surface area (Å²) in [5.41, 5.74) is 0.523. The molecule has 2 saturated heterocycles. The van der Waals surface area contributed by atoms with E-state index in [1.54, 1.807) is 26.8 Å². The van der Waals surface area contributed by atoms with E-state index >= 15 is 0 Å². The van der Waals surface area contributed by atoms with Gasteiger partial charge in [-0.25, -0.2) is 4.79 Å². The molecule has 0 aromatic carbocycles. The second kappa shape index (κ2) is 6.25. The molecule has 0 saturated carbocycles. The molecule has 1 aliphatic carbocycles. The van der Waals surface area contributed by atoms with E-state index in [1.165, 1.54) is 0 Å². The van der Waals surface area contributed by atoms with Crippen LogP contribution in [-0.4, -0.2) is 47.1 Å². The molecule has 2 fully saturated rings. The summed E-state index contributed by atoms with van der Waals surface area (Å²) in [5, 5.41) is 10.4. The Hall–Kier alpha value is -1.66. The van der Waals surface area contributed by atoms with Crippen molar-refractivity contribution in [1.29, 1.82) is 0 Å². The molecule has 1 N–H and O–H groups in total. The third-order valence-corrected chi connectivity index (χ3v) is 5.43. The Bertz CT molecular complexity index is 636. The summed E-state index contributed by atoms with van der Waals surface area (Å²) >= 11 is 0. The third kappa shape index (κ3) is 3.37. The maximum absolute atomic E-state index is 12.2. The highest BCUT2D eigenvalue weighted by Gasteiger charge is 2.57. The lowest BCUT2D eigenvalue weighted by molar-refractivity contribution is -0.157. The van der Waals surface area contributed by atoms with Crippen molar-refractivity contribution in [2.24, 2.45) is 11.8 Å². The second-order valence-corrected chi connectivity index (χ2v) is 7.84. The van der Waals surface area contributed by atoms with Crippen molar-refractivity contribution in [3.05, 3.63) is 23.8 Å². The fourth-order valence-electron chi connectivity index (χ4n) is 3.63. The molecule has 0 aromatic heterocycles. The van der Waals surface area contributed by atoms with Crippen LogP contribution >= 0.6 is 0 Å². The minimum Gasteiger partial charge on any atom is -0.461 e. The van der Waals surface area contributed by atoms with Crippen LogP contribution in [0.5, 0.6) is 0 Å². The minimum absolute atomic E-state index is 0.103. The number of esters is 2. The summed E-state index contributed by atoms with van der Waals surface area (Å²) in [4.78, 5) is 24.3. The largest absolute Gasteiger partial charge is 0.461 e. The van der Waals surface area contributed by atoms with E-state index in [9.17, 15) is 14.7 Å². The molecule has 3 aliphatic rings. The van der Waals surface area contributed by atoms with E-state index in [4.69, 9.17) is 14.2 Å². The second-order valence-electron chi connectivity index (χ2n) is 7.84. The number of carbonyl (C=O) groups is 2. The highest BCUT2D eigenvalue weighted by atomic mass is 16.6. The van der Waals surface area contributed by atoms with Crippen LogP contribution in [0.25, 0.3) is 0 Å². The lowest BCUT2D eigenvalue weighted by Crippen LogP contribution is -2.38. The smallest absolute Gasteiger partial charge is 0.334 e. The van der Waals surface area contributed by atoms with Gasteiger partial charge in [0.2, 0.25) is 0 Å². The first-order valence-corrected chi connectivity index (χ1v) is 8.77. The Balaban J connectivity index is 1.97. The lowest BCUT2D eigenvalue weighted by atomic mass is 9.82. The molecule has 2 heterocycles. The average molecular weight is 350 g/mol. The molecule has 6 atom stereocenters. The number of epoxide rings is 1. The van der Waals surface area contributed by atoms with Crippen LogP contribution in [0.1, 0.15) is 40.5 Å². The van der Waals surface area contributed by atoms with E-state index in [0.29, 0.717) is 24.0 Å². The van der Waals surface area contributed by atoms with Gasteiger partial charge < -0.3 is 19.3 Å². The monoisotopic (exact) mass is 350 g/mol. The number of rotatable bonds is 2. The molecule has 0 bridgehead atoms. The maximum Gasteiger partial charge on any atom is 0.334 e. The molecule has 2 aliphatic heterocycles. The predicted octanol–water partition coefficient (Wildman–Crippen LogP) is 1.91. The van der Waals surface area contributed by atoms with Crippen molar-refractivity contribution < 1.29 is 28.9 Å². The number of carbonyl (C=O) groups excluding carboxylic acids is 2. The number of aliphatic hydroxyl groups is 1. The van der Waals surface area contributed by atoms with Gasteiger partial charge in [0.1, 0.15) is 12.2 Å². The molecular formula is C19H26O6.